The second-order valence-corrected chi connectivity index (χ2v) is 9.11. The van der Waals surface area contributed by atoms with Gasteiger partial charge in [-0.3, -0.25) is 9.69 Å². The van der Waals surface area contributed by atoms with Crippen LogP contribution in [-0.4, -0.2) is 32.1 Å². The minimum atomic E-state index is -1.01. The van der Waals surface area contributed by atoms with Gasteiger partial charge in [0.05, 0.1) is 48.6 Å². The highest BCUT2D eigenvalue weighted by Gasteiger charge is 2.43. The molecule has 0 bridgehead atoms. The number of aryl methyl sites for hydroxylation is 2. The zero-order valence-electron chi connectivity index (χ0n) is 22.5. The van der Waals surface area contributed by atoms with Gasteiger partial charge in [-0.2, -0.15) is 5.26 Å². The van der Waals surface area contributed by atoms with E-state index < -0.39 is 23.8 Å². The van der Waals surface area contributed by atoms with Crippen molar-refractivity contribution in [1.82, 2.24) is 0 Å². The molecule has 1 atom stereocenters. The van der Waals surface area contributed by atoms with Gasteiger partial charge in [0.25, 0.3) is 5.91 Å². The molecule has 0 saturated heterocycles. The van der Waals surface area contributed by atoms with Gasteiger partial charge >= 0.3 is 11.9 Å². The minimum Gasteiger partial charge on any atom is -0.466 e. The maximum atomic E-state index is 13.6. The summed E-state index contributed by atoms with van der Waals surface area (Å²) >= 11 is 0. The third-order valence-electron chi connectivity index (χ3n) is 6.76. The fraction of sp³-hybridized carbons (Fsp3) is 0.161. The first-order valence-electron chi connectivity index (χ1n) is 12.4. The fourth-order valence-electron chi connectivity index (χ4n) is 4.64. The molecule has 1 amide bonds. The number of hydrogen-bond acceptors (Lipinski definition) is 8. The summed E-state index contributed by atoms with van der Waals surface area (Å²) in [5, 5.41) is 13.1. The number of hydrogen-bond donors (Lipinski definition) is 2. The van der Waals surface area contributed by atoms with Gasteiger partial charge in [-0.25, -0.2) is 9.59 Å². The molecule has 4 rings (SSSR count). The van der Waals surface area contributed by atoms with Crippen LogP contribution < -0.4 is 16.0 Å². The number of carbonyl (C=O) groups excluding carboxylic acids is 3. The van der Waals surface area contributed by atoms with E-state index in [0.29, 0.717) is 11.3 Å². The van der Waals surface area contributed by atoms with E-state index in [1.165, 1.54) is 12.0 Å². The second kappa shape index (κ2) is 11.6. The van der Waals surface area contributed by atoms with Crippen molar-refractivity contribution in [2.75, 3.05) is 24.4 Å². The molecule has 1 heterocycles. The van der Waals surface area contributed by atoms with Gasteiger partial charge in [-0.15, -0.1) is 0 Å². The summed E-state index contributed by atoms with van der Waals surface area (Å²) < 4.78 is 10.2. The van der Waals surface area contributed by atoms with Crippen LogP contribution in [0, 0.1) is 25.2 Å². The average molecular weight is 537 g/mol. The topological polar surface area (TPSA) is 135 Å². The lowest BCUT2D eigenvalue weighted by molar-refractivity contribution is -0.139. The van der Waals surface area contributed by atoms with Crippen LogP contribution in [0.5, 0.6) is 0 Å². The number of methoxy groups -OCH3 is 2. The molecule has 0 aromatic heterocycles. The van der Waals surface area contributed by atoms with Crippen molar-refractivity contribution in [3.63, 3.8) is 0 Å². The molecule has 3 aromatic rings. The molecule has 0 spiro atoms. The predicted molar refractivity (Wildman–Crippen MR) is 150 cm³/mol. The first kappa shape index (κ1) is 27.7. The van der Waals surface area contributed by atoms with E-state index in [1.807, 2.05) is 26.0 Å². The quantitative estimate of drug-likeness (QED) is 0.441. The Balaban J connectivity index is 1.96. The van der Waals surface area contributed by atoms with Crippen LogP contribution >= 0.6 is 0 Å². The van der Waals surface area contributed by atoms with Crippen molar-refractivity contribution < 1.29 is 23.9 Å². The highest BCUT2D eigenvalue weighted by molar-refractivity contribution is 6.11. The van der Waals surface area contributed by atoms with Gasteiger partial charge < -0.3 is 20.5 Å². The summed E-state index contributed by atoms with van der Waals surface area (Å²) in [6.45, 7) is 3.91. The summed E-state index contributed by atoms with van der Waals surface area (Å²) in [6.07, 6.45) is 0. The molecule has 0 fully saturated rings. The van der Waals surface area contributed by atoms with Crippen LogP contribution in [0.15, 0.2) is 95.5 Å². The van der Waals surface area contributed by atoms with E-state index in [9.17, 15) is 19.6 Å². The number of carbonyl (C=O) groups is 3. The van der Waals surface area contributed by atoms with Crippen molar-refractivity contribution in [1.29, 1.82) is 5.26 Å². The number of para-hydroxylation sites is 1. The molecule has 3 N–H and O–H groups in total. The third-order valence-corrected chi connectivity index (χ3v) is 6.76. The van der Waals surface area contributed by atoms with Crippen LogP contribution in [0.3, 0.4) is 0 Å². The molecule has 9 heteroatoms. The van der Waals surface area contributed by atoms with Crippen molar-refractivity contribution in [2.24, 2.45) is 5.73 Å². The SMILES string of the molecule is COC(=O)C1=C(C(=O)OC)N(c2ccccc2C(=O)Nc2ccc(C)c(C)c2)C(N)=C(C#N)C1c1ccccc1. The Hall–Kier alpha value is -5.36. The van der Waals surface area contributed by atoms with Gasteiger partial charge in [0, 0.05) is 5.69 Å². The van der Waals surface area contributed by atoms with E-state index in [1.54, 1.807) is 60.7 Å². The Labute approximate surface area is 232 Å². The van der Waals surface area contributed by atoms with E-state index in [0.717, 1.165) is 18.2 Å². The smallest absolute Gasteiger partial charge is 0.355 e. The van der Waals surface area contributed by atoms with Crippen LogP contribution in [0.1, 0.15) is 33.0 Å². The molecule has 1 unspecified atom stereocenters. The van der Waals surface area contributed by atoms with Crippen LogP contribution in [-0.2, 0) is 19.1 Å². The number of nitrogens with two attached hydrogens (primary N) is 1. The van der Waals surface area contributed by atoms with Crippen LogP contribution in [0.2, 0.25) is 0 Å². The number of benzene rings is 3. The molecule has 0 aliphatic carbocycles. The summed E-state index contributed by atoms with van der Waals surface area (Å²) in [4.78, 5) is 41.4. The predicted octanol–water partition coefficient (Wildman–Crippen LogP) is 4.45. The Morgan fingerprint density at radius 3 is 2.17 bits per heavy atom. The monoisotopic (exact) mass is 536 g/mol. The van der Waals surface area contributed by atoms with Gasteiger partial charge in [0.15, 0.2) is 0 Å². The molecule has 1 aliphatic heterocycles. The molecule has 9 nitrogen and oxygen atoms in total. The lowest BCUT2D eigenvalue weighted by Crippen LogP contribution is -2.41. The largest absolute Gasteiger partial charge is 0.466 e. The molecule has 3 aromatic carbocycles. The van der Waals surface area contributed by atoms with Crippen molar-refractivity contribution in [3.05, 3.63) is 118 Å². The molecule has 40 heavy (non-hydrogen) atoms. The average Bonchev–Trinajstić information content (AvgIpc) is 2.97. The van der Waals surface area contributed by atoms with Gasteiger partial charge in [-0.05, 0) is 54.8 Å². The van der Waals surface area contributed by atoms with Gasteiger partial charge in [0.1, 0.15) is 11.5 Å². The second-order valence-electron chi connectivity index (χ2n) is 9.11. The van der Waals surface area contributed by atoms with Crippen molar-refractivity contribution in [2.45, 2.75) is 19.8 Å². The van der Waals surface area contributed by atoms with Crippen LogP contribution in [0.4, 0.5) is 11.4 Å². The maximum Gasteiger partial charge on any atom is 0.355 e. The first-order valence-corrected chi connectivity index (χ1v) is 12.4. The standard InChI is InChI=1S/C31H28N4O5/c1-18-14-15-21(16-19(18)2)34-29(36)22-12-8-9-13-24(22)35-27(31(38)40-4)26(30(37)39-3)25(23(17-32)28(35)33)20-10-6-5-7-11-20/h5-16,25H,33H2,1-4H3,(H,34,36). The molecule has 1 aliphatic rings. The summed E-state index contributed by atoms with van der Waals surface area (Å²) in [5.74, 6) is -3.38. The zero-order chi connectivity index (χ0) is 29.0. The Morgan fingerprint density at radius 1 is 0.900 bits per heavy atom. The van der Waals surface area contributed by atoms with E-state index in [2.05, 4.69) is 11.4 Å². The summed E-state index contributed by atoms with van der Waals surface area (Å²) in [7, 11) is 2.34. The van der Waals surface area contributed by atoms with Crippen LogP contribution in [0.25, 0.3) is 0 Å². The molecular weight excluding hydrogens is 508 g/mol. The Bertz CT molecular complexity index is 1600. The fourth-order valence-corrected chi connectivity index (χ4v) is 4.64. The van der Waals surface area contributed by atoms with Gasteiger partial charge in [-0.1, -0.05) is 48.5 Å². The summed E-state index contributed by atoms with van der Waals surface area (Å²) in [6, 6.07) is 22.8. The number of nitriles is 1. The number of esters is 2. The van der Waals surface area contributed by atoms with Crippen molar-refractivity contribution >= 4 is 29.2 Å². The first-order chi connectivity index (χ1) is 19.2. The van der Waals surface area contributed by atoms with E-state index >= 15 is 0 Å². The number of anilines is 2. The molecular formula is C31H28N4O5. The van der Waals surface area contributed by atoms with E-state index in [4.69, 9.17) is 15.2 Å². The Morgan fingerprint density at radius 2 is 1.55 bits per heavy atom. The normalized spacial score (nSPS) is 14.9. The van der Waals surface area contributed by atoms with Gasteiger partial charge in [0.2, 0.25) is 0 Å². The number of nitrogens with zero attached hydrogens (tertiary/aromatic N) is 2. The lowest BCUT2D eigenvalue weighted by Gasteiger charge is -2.36. The number of allylic oxidation sites excluding steroid dienone is 1. The van der Waals surface area contributed by atoms with E-state index in [-0.39, 0.29) is 33.9 Å². The number of nitrogens with one attached hydrogen (secondary N) is 1. The van der Waals surface area contributed by atoms with Crippen molar-refractivity contribution in [3.8, 4) is 6.07 Å². The maximum absolute atomic E-state index is 13.6. The lowest BCUT2D eigenvalue weighted by atomic mass is 9.80. The summed E-state index contributed by atoms with van der Waals surface area (Å²) in [5.41, 5.74) is 9.70. The number of ether oxygens (including phenoxy) is 2. The minimum absolute atomic E-state index is 0.00336. The molecule has 202 valence electrons. The molecule has 0 radical (unpaired) electrons. The third kappa shape index (κ3) is 5.02. The molecule has 0 saturated carbocycles. The highest BCUT2D eigenvalue weighted by Crippen LogP contribution is 2.44. The highest BCUT2D eigenvalue weighted by atomic mass is 16.5. The number of amides is 1. The zero-order valence-corrected chi connectivity index (χ0v) is 22.5. The number of rotatable bonds is 6. The Kier molecular flexibility index (Phi) is 8.01.